The van der Waals surface area contributed by atoms with Crippen LogP contribution < -0.4 is 15.0 Å². The van der Waals surface area contributed by atoms with Crippen LogP contribution in [-0.2, 0) is 4.79 Å². The van der Waals surface area contributed by atoms with Gasteiger partial charge in [-0.1, -0.05) is 6.07 Å². The third-order valence-electron chi connectivity index (χ3n) is 8.08. The molecule has 4 heterocycles. The Kier molecular flexibility index (Phi) is 8.98. The predicted molar refractivity (Wildman–Crippen MR) is 155 cm³/mol. The molecule has 0 spiro atoms. The maximum absolute atomic E-state index is 13.2. The molecular formula is C30H43N7O2. The van der Waals surface area contributed by atoms with Gasteiger partial charge in [-0.3, -0.25) is 19.4 Å². The Morgan fingerprint density at radius 2 is 1.90 bits per heavy atom. The molecule has 2 aliphatic heterocycles. The molecule has 0 saturated carbocycles. The molecule has 1 unspecified atom stereocenters. The number of likely N-dealkylation sites (tertiary alicyclic amines) is 1. The lowest BCUT2D eigenvalue weighted by Gasteiger charge is -2.30. The summed E-state index contributed by atoms with van der Waals surface area (Å²) in [7, 11) is 1.72. The van der Waals surface area contributed by atoms with Crippen molar-refractivity contribution in [3.8, 4) is 5.75 Å². The van der Waals surface area contributed by atoms with Gasteiger partial charge in [0.1, 0.15) is 11.4 Å². The molecule has 5 rings (SSSR count). The average Bonchev–Trinajstić information content (AvgIpc) is 3.60. The molecule has 1 N–H and O–H groups in total. The second-order valence-electron chi connectivity index (χ2n) is 11.0. The van der Waals surface area contributed by atoms with Gasteiger partial charge in [-0.15, -0.1) is 0 Å². The number of hydrogen-bond donors (Lipinski definition) is 1. The summed E-state index contributed by atoms with van der Waals surface area (Å²) in [6.45, 7) is 11.7. The lowest BCUT2D eigenvalue weighted by molar-refractivity contribution is -0.122. The van der Waals surface area contributed by atoms with Crippen LogP contribution in [-0.4, -0.2) is 89.9 Å². The van der Waals surface area contributed by atoms with Gasteiger partial charge in [-0.2, -0.15) is 5.10 Å². The molecule has 0 radical (unpaired) electrons. The van der Waals surface area contributed by atoms with Crippen LogP contribution in [0.15, 0.2) is 42.9 Å². The van der Waals surface area contributed by atoms with Gasteiger partial charge in [0.25, 0.3) is 0 Å². The van der Waals surface area contributed by atoms with Crippen molar-refractivity contribution in [2.24, 2.45) is 0 Å². The summed E-state index contributed by atoms with van der Waals surface area (Å²) >= 11 is 0. The zero-order chi connectivity index (χ0) is 27.2. The highest BCUT2D eigenvalue weighted by atomic mass is 16.5. The molecule has 2 saturated heterocycles. The van der Waals surface area contributed by atoms with Crippen LogP contribution in [0.2, 0.25) is 0 Å². The van der Waals surface area contributed by atoms with Crippen LogP contribution in [0.1, 0.15) is 57.2 Å². The molecule has 9 heteroatoms. The zero-order valence-corrected chi connectivity index (χ0v) is 23.7. The minimum atomic E-state index is -0.0169. The molecule has 2 aliphatic rings. The first-order chi connectivity index (χ1) is 19.0. The number of nitrogens with one attached hydrogen (secondary N) is 1. The minimum Gasteiger partial charge on any atom is -0.494 e. The second-order valence-corrected chi connectivity index (χ2v) is 11.0. The largest absolute Gasteiger partial charge is 0.494 e. The van der Waals surface area contributed by atoms with Gasteiger partial charge in [0.05, 0.1) is 18.8 Å². The SMILES string of the molecule is COc1ccc2cccnc2c1N1CCCN(C(CC(=O)NCCN2CCCC2)c2cnn(C(C)C)c2)CC1. The molecule has 2 fully saturated rings. The highest BCUT2D eigenvalue weighted by Gasteiger charge is 2.28. The summed E-state index contributed by atoms with van der Waals surface area (Å²) in [5.41, 5.74) is 3.13. The fraction of sp³-hybridized carbons (Fsp3) is 0.567. The molecule has 0 bridgehead atoms. The van der Waals surface area contributed by atoms with E-state index in [4.69, 9.17) is 9.72 Å². The highest BCUT2D eigenvalue weighted by Crippen LogP contribution is 2.36. The number of hydrogen-bond acceptors (Lipinski definition) is 7. The number of rotatable bonds is 10. The average molecular weight is 534 g/mol. The van der Waals surface area contributed by atoms with Crippen molar-refractivity contribution in [2.45, 2.75) is 51.6 Å². The fourth-order valence-corrected chi connectivity index (χ4v) is 5.93. The normalized spacial score (nSPS) is 18.0. The van der Waals surface area contributed by atoms with Crippen LogP contribution in [0.25, 0.3) is 10.9 Å². The Morgan fingerprint density at radius 3 is 2.67 bits per heavy atom. The van der Waals surface area contributed by atoms with E-state index in [9.17, 15) is 4.79 Å². The monoisotopic (exact) mass is 533 g/mol. The van der Waals surface area contributed by atoms with Crippen molar-refractivity contribution in [3.63, 3.8) is 0 Å². The van der Waals surface area contributed by atoms with Crippen LogP contribution in [0, 0.1) is 0 Å². The van der Waals surface area contributed by atoms with Crippen LogP contribution in [0.5, 0.6) is 5.75 Å². The van der Waals surface area contributed by atoms with E-state index in [1.807, 2.05) is 29.2 Å². The molecule has 3 aromatic rings. The van der Waals surface area contributed by atoms with Crippen LogP contribution in [0.3, 0.4) is 0 Å². The number of methoxy groups -OCH3 is 1. The summed E-state index contributed by atoms with van der Waals surface area (Å²) < 4.78 is 7.77. The molecule has 9 nitrogen and oxygen atoms in total. The zero-order valence-electron chi connectivity index (χ0n) is 23.7. The van der Waals surface area contributed by atoms with Gasteiger partial charge in [0.2, 0.25) is 5.91 Å². The summed E-state index contributed by atoms with van der Waals surface area (Å²) in [5.74, 6) is 0.958. The first kappa shape index (κ1) is 27.4. The Hall–Kier alpha value is -3.17. The van der Waals surface area contributed by atoms with Gasteiger partial charge in [-0.25, -0.2) is 0 Å². The number of carbonyl (C=O) groups is 1. The molecular weight excluding hydrogens is 490 g/mol. The van der Waals surface area contributed by atoms with E-state index in [1.165, 1.54) is 12.8 Å². The number of fused-ring (bicyclic) bond motifs is 1. The number of anilines is 1. The summed E-state index contributed by atoms with van der Waals surface area (Å²) in [4.78, 5) is 25.2. The van der Waals surface area contributed by atoms with Crippen molar-refractivity contribution in [1.29, 1.82) is 0 Å². The molecule has 1 amide bonds. The number of benzene rings is 1. The first-order valence-electron chi connectivity index (χ1n) is 14.5. The van der Waals surface area contributed by atoms with E-state index < -0.39 is 0 Å². The van der Waals surface area contributed by atoms with Crippen LogP contribution >= 0.6 is 0 Å². The van der Waals surface area contributed by atoms with Gasteiger partial charge < -0.3 is 19.9 Å². The van der Waals surface area contributed by atoms with Gasteiger partial charge in [0, 0.05) is 81.1 Å². The van der Waals surface area contributed by atoms with Crippen LogP contribution in [0.4, 0.5) is 5.69 Å². The van der Waals surface area contributed by atoms with E-state index in [2.05, 4.69) is 57.3 Å². The molecule has 1 atom stereocenters. The fourth-order valence-electron chi connectivity index (χ4n) is 5.93. The lowest BCUT2D eigenvalue weighted by atomic mass is 10.0. The Labute approximate surface area is 232 Å². The van der Waals surface area contributed by atoms with Crippen molar-refractivity contribution in [2.75, 3.05) is 64.4 Å². The van der Waals surface area contributed by atoms with E-state index in [0.717, 1.165) is 80.1 Å². The van der Waals surface area contributed by atoms with Crippen molar-refractivity contribution >= 4 is 22.5 Å². The Morgan fingerprint density at radius 1 is 1.05 bits per heavy atom. The number of nitrogens with zero attached hydrogens (tertiary/aromatic N) is 6. The molecule has 39 heavy (non-hydrogen) atoms. The molecule has 0 aliphatic carbocycles. The number of amides is 1. The number of carbonyl (C=O) groups excluding carboxylic acids is 1. The van der Waals surface area contributed by atoms with E-state index >= 15 is 0 Å². The number of pyridine rings is 1. The maximum atomic E-state index is 13.2. The smallest absolute Gasteiger partial charge is 0.221 e. The molecule has 2 aromatic heterocycles. The Bertz CT molecular complexity index is 1240. The van der Waals surface area contributed by atoms with Gasteiger partial charge in [-0.05, 0) is 64.4 Å². The second kappa shape index (κ2) is 12.8. The first-order valence-corrected chi connectivity index (χ1v) is 14.5. The third-order valence-corrected chi connectivity index (χ3v) is 8.08. The van der Waals surface area contributed by atoms with Crippen molar-refractivity contribution < 1.29 is 9.53 Å². The summed E-state index contributed by atoms with van der Waals surface area (Å²) in [6, 6.07) is 8.44. The Balaban J connectivity index is 1.32. The predicted octanol–water partition coefficient (Wildman–Crippen LogP) is 3.88. The topological polar surface area (TPSA) is 78.8 Å². The van der Waals surface area contributed by atoms with E-state index in [1.54, 1.807) is 7.11 Å². The highest BCUT2D eigenvalue weighted by molar-refractivity contribution is 5.94. The van der Waals surface area contributed by atoms with Crippen molar-refractivity contribution in [1.82, 2.24) is 29.9 Å². The van der Waals surface area contributed by atoms with Gasteiger partial charge >= 0.3 is 0 Å². The molecule has 1 aromatic carbocycles. The summed E-state index contributed by atoms with van der Waals surface area (Å²) in [6.07, 6.45) is 9.86. The molecule has 210 valence electrons. The van der Waals surface area contributed by atoms with Gasteiger partial charge in [0.15, 0.2) is 0 Å². The van der Waals surface area contributed by atoms with Crippen molar-refractivity contribution in [3.05, 3.63) is 48.4 Å². The third kappa shape index (κ3) is 6.53. The maximum Gasteiger partial charge on any atom is 0.221 e. The quantitative estimate of drug-likeness (QED) is 0.424. The number of ether oxygens (including phenoxy) is 1. The van der Waals surface area contributed by atoms with E-state index in [0.29, 0.717) is 13.0 Å². The summed E-state index contributed by atoms with van der Waals surface area (Å²) in [5, 5.41) is 8.92. The van der Waals surface area contributed by atoms with E-state index in [-0.39, 0.29) is 18.0 Å². The minimum absolute atomic E-state index is 0.0169. The lowest BCUT2D eigenvalue weighted by Crippen LogP contribution is -2.38. The number of aromatic nitrogens is 3. The standard InChI is InChI=1S/C30H43N7O2/c1-23(2)37-22-25(21-33-37)26(20-28(38)31-12-17-34-13-4-5-14-34)35-15-7-16-36(19-18-35)30-27(39-3)10-9-24-8-6-11-32-29(24)30/h6,8-11,21-23,26H,4-5,7,12-20H2,1-3H3,(H,31,38).